The van der Waals surface area contributed by atoms with Crippen molar-refractivity contribution in [2.45, 2.75) is 32.4 Å². The van der Waals surface area contributed by atoms with Crippen molar-refractivity contribution in [3.05, 3.63) is 65.5 Å². The average Bonchev–Trinajstić information content (AvgIpc) is 3.40. The third-order valence-corrected chi connectivity index (χ3v) is 5.15. The molecule has 0 radical (unpaired) electrons. The first-order valence-electron chi connectivity index (χ1n) is 9.34. The lowest BCUT2D eigenvalue weighted by atomic mass is 9.98. The van der Waals surface area contributed by atoms with Gasteiger partial charge in [0.05, 0.1) is 6.26 Å². The summed E-state index contributed by atoms with van der Waals surface area (Å²) < 4.78 is 10.5. The lowest BCUT2D eigenvalue weighted by molar-refractivity contribution is 0.0917. The van der Waals surface area contributed by atoms with Crippen LogP contribution in [0.25, 0.3) is 11.5 Å². The van der Waals surface area contributed by atoms with Crippen LogP contribution in [0.1, 0.15) is 35.0 Å². The van der Waals surface area contributed by atoms with Gasteiger partial charge in [-0.05, 0) is 36.1 Å². The fraction of sp³-hybridized carbons (Fsp3) is 0.333. The summed E-state index contributed by atoms with van der Waals surface area (Å²) in [5, 5.41) is 6.85. The first-order valence-corrected chi connectivity index (χ1v) is 9.34. The van der Waals surface area contributed by atoms with Crippen LogP contribution in [0.4, 0.5) is 0 Å². The highest BCUT2D eigenvalue weighted by Gasteiger charge is 2.23. The van der Waals surface area contributed by atoms with Gasteiger partial charge in [-0.15, -0.1) is 0 Å². The van der Waals surface area contributed by atoms with E-state index in [1.807, 2.05) is 0 Å². The second kappa shape index (κ2) is 7.80. The molecular formula is C21H23N3O3. The molecule has 140 valence electrons. The lowest BCUT2D eigenvalue weighted by Crippen LogP contribution is -2.45. The van der Waals surface area contributed by atoms with E-state index in [-0.39, 0.29) is 11.6 Å². The number of carbonyl (C=O) groups is 1. The Morgan fingerprint density at radius 2 is 2.07 bits per heavy atom. The van der Waals surface area contributed by atoms with E-state index in [1.165, 1.54) is 11.1 Å². The van der Waals surface area contributed by atoms with E-state index in [0.29, 0.717) is 24.1 Å². The van der Waals surface area contributed by atoms with Crippen LogP contribution in [0.15, 0.2) is 57.7 Å². The Labute approximate surface area is 158 Å². The van der Waals surface area contributed by atoms with Gasteiger partial charge in [0.25, 0.3) is 5.91 Å². The highest BCUT2D eigenvalue weighted by molar-refractivity contribution is 5.92. The van der Waals surface area contributed by atoms with Crippen molar-refractivity contribution in [2.75, 3.05) is 13.1 Å². The van der Waals surface area contributed by atoms with Crippen LogP contribution in [-0.4, -0.2) is 35.1 Å². The number of furan rings is 1. The quantitative estimate of drug-likeness (QED) is 0.724. The standard InChI is InChI=1S/C21H23N3O3/c1-2-17(24-10-9-15-6-3-4-7-16(15)14-24)13-22-21(25)18-12-20(27-23-18)19-8-5-11-26-19/h3-8,11-12,17H,2,9-10,13-14H2,1H3,(H,22,25). The second-order valence-electron chi connectivity index (χ2n) is 6.81. The Morgan fingerprint density at radius 3 is 2.85 bits per heavy atom. The maximum absolute atomic E-state index is 12.4. The molecule has 0 saturated heterocycles. The Hall–Kier alpha value is -2.86. The molecule has 0 aliphatic carbocycles. The number of rotatable bonds is 6. The summed E-state index contributed by atoms with van der Waals surface area (Å²) in [6, 6.07) is 14.0. The third-order valence-electron chi connectivity index (χ3n) is 5.15. The molecule has 1 N–H and O–H groups in total. The molecule has 1 aliphatic rings. The summed E-state index contributed by atoms with van der Waals surface area (Å²) in [4.78, 5) is 14.9. The van der Waals surface area contributed by atoms with Crippen LogP contribution in [0.2, 0.25) is 0 Å². The molecule has 1 aliphatic heterocycles. The smallest absolute Gasteiger partial charge is 0.273 e. The molecule has 3 aromatic rings. The zero-order valence-corrected chi connectivity index (χ0v) is 15.4. The first kappa shape index (κ1) is 17.5. The van der Waals surface area contributed by atoms with E-state index in [9.17, 15) is 4.79 Å². The summed E-state index contributed by atoms with van der Waals surface area (Å²) in [5.74, 6) is 0.775. The molecule has 0 saturated carbocycles. The average molecular weight is 365 g/mol. The normalized spacial score (nSPS) is 15.3. The van der Waals surface area contributed by atoms with E-state index in [4.69, 9.17) is 8.94 Å². The van der Waals surface area contributed by atoms with Crippen LogP contribution in [0.5, 0.6) is 0 Å². The minimum Gasteiger partial charge on any atom is -0.461 e. The number of carbonyl (C=O) groups excluding carboxylic acids is 1. The molecule has 1 unspecified atom stereocenters. The van der Waals surface area contributed by atoms with E-state index in [1.54, 1.807) is 24.5 Å². The molecule has 1 amide bonds. The van der Waals surface area contributed by atoms with Crippen LogP contribution in [0.3, 0.4) is 0 Å². The lowest BCUT2D eigenvalue weighted by Gasteiger charge is -2.35. The molecule has 0 bridgehead atoms. The SMILES string of the molecule is CCC(CNC(=O)c1cc(-c2ccco2)on1)N1CCc2ccccc2C1. The maximum atomic E-state index is 12.4. The summed E-state index contributed by atoms with van der Waals surface area (Å²) in [7, 11) is 0. The molecule has 1 atom stereocenters. The summed E-state index contributed by atoms with van der Waals surface area (Å²) in [6.07, 6.45) is 3.58. The van der Waals surface area contributed by atoms with Gasteiger partial charge in [0.15, 0.2) is 11.5 Å². The molecular weight excluding hydrogens is 342 g/mol. The van der Waals surface area contributed by atoms with Gasteiger partial charge in [-0.3, -0.25) is 9.69 Å². The van der Waals surface area contributed by atoms with Crippen LogP contribution in [0, 0.1) is 0 Å². The molecule has 2 aromatic heterocycles. The number of fused-ring (bicyclic) bond motifs is 1. The van der Waals surface area contributed by atoms with Crippen LogP contribution in [-0.2, 0) is 13.0 Å². The molecule has 6 nitrogen and oxygen atoms in total. The zero-order valence-electron chi connectivity index (χ0n) is 15.4. The monoisotopic (exact) mass is 365 g/mol. The number of hydrogen-bond acceptors (Lipinski definition) is 5. The van der Waals surface area contributed by atoms with Gasteiger partial charge >= 0.3 is 0 Å². The summed E-state index contributed by atoms with van der Waals surface area (Å²) >= 11 is 0. The second-order valence-corrected chi connectivity index (χ2v) is 6.81. The topological polar surface area (TPSA) is 71.5 Å². The molecule has 6 heteroatoms. The highest BCUT2D eigenvalue weighted by atomic mass is 16.5. The Kier molecular flexibility index (Phi) is 5.07. The number of hydrogen-bond donors (Lipinski definition) is 1. The van der Waals surface area contributed by atoms with Gasteiger partial charge in [0.1, 0.15) is 0 Å². The van der Waals surface area contributed by atoms with Crippen LogP contribution >= 0.6 is 0 Å². The minimum absolute atomic E-state index is 0.229. The first-order chi connectivity index (χ1) is 13.2. The molecule has 0 spiro atoms. The molecule has 0 fully saturated rings. The number of nitrogens with zero attached hydrogens (tertiary/aromatic N) is 2. The van der Waals surface area contributed by atoms with E-state index in [0.717, 1.165) is 25.9 Å². The maximum Gasteiger partial charge on any atom is 0.273 e. The number of aromatic nitrogens is 1. The van der Waals surface area contributed by atoms with Gasteiger partial charge in [-0.1, -0.05) is 36.3 Å². The van der Waals surface area contributed by atoms with E-state index >= 15 is 0 Å². The predicted octanol–water partition coefficient (Wildman–Crippen LogP) is 3.50. The number of benzene rings is 1. The van der Waals surface area contributed by atoms with Gasteiger partial charge < -0.3 is 14.3 Å². The third kappa shape index (κ3) is 3.80. The number of amides is 1. The summed E-state index contributed by atoms with van der Waals surface area (Å²) in [5.41, 5.74) is 3.08. The largest absolute Gasteiger partial charge is 0.461 e. The Balaban J connectivity index is 1.36. The van der Waals surface area contributed by atoms with Gasteiger partial charge in [0.2, 0.25) is 5.76 Å². The van der Waals surface area contributed by atoms with Gasteiger partial charge in [-0.25, -0.2) is 0 Å². The minimum atomic E-state index is -0.229. The van der Waals surface area contributed by atoms with Crippen molar-refractivity contribution in [3.63, 3.8) is 0 Å². The number of nitrogens with one attached hydrogen (secondary N) is 1. The predicted molar refractivity (Wildman–Crippen MR) is 101 cm³/mol. The van der Waals surface area contributed by atoms with Crippen molar-refractivity contribution in [1.82, 2.24) is 15.4 Å². The fourth-order valence-electron chi connectivity index (χ4n) is 3.58. The van der Waals surface area contributed by atoms with Crippen molar-refractivity contribution >= 4 is 5.91 Å². The highest BCUT2D eigenvalue weighted by Crippen LogP contribution is 2.22. The Morgan fingerprint density at radius 1 is 1.22 bits per heavy atom. The van der Waals surface area contributed by atoms with Crippen molar-refractivity contribution in [2.24, 2.45) is 0 Å². The van der Waals surface area contributed by atoms with Crippen molar-refractivity contribution < 1.29 is 13.7 Å². The van der Waals surface area contributed by atoms with Crippen molar-refractivity contribution in [1.29, 1.82) is 0 Å². The van der Waals surface area contributed by atoms with Gasteiger partial charge in [0, 0.05) is 31.7 Å². The van der Waals surface area contributed by atoms with Gasteiger partial charge in [-0.2, -0.15) is 0 Å². The molecule has 4 rings (SSSR count). The molecule has 3 heterocycles. The molecule has 1 aromatic carbocycles. The molecule has 27 heavy (non-hydrogen) atoms. The van der Waals surface area contributed by atoms with E-state index < -0.39 is 0 Å². The fourth-order valence-corrected chi connectivity index (χ4v) is 3.58. The van der Waals surface area contributed by atoms with Crippen LogP contribution < -0.4 is 5.32 Å². The van der Waals surface area contributed by atoms with E-state index in [2.05, 4.69) is 46.6 Å². The summed E-state index contributed by atoms with van der Waals surface area (Å²) in [6.45, 7) is 4.68. The zero-order chi connectivity index (χ0) is 18.6. The van der Waals surface area contributed by atoms with Crippen molar-refractivity contribution in [3.8, 4) is 11.5 Å². The Bertz CT molecular complexity index is 901.